The number of halogens is 1. The number of fused-ring (bicyclic) bond motifs is 1. The highest BCUT2D eigenvalue weighted by Gasteiger charge is 2.39. The second-order valence-electron chi connectivity index (χ2n) is 7.07. The van der Waals surface area contributed by atoms with Crippen LogP contribution in [0.15, 0.2) is 18.2 Å². The van der Waals surface area contributed by atoms with Gasteiger partial charge in [-0.3, -0.25) is 9.80 Å². The van der Waals surface area contributed by atoms with Gasteiger partial charge in [-0.25, -0.2) is 9.18 Å². The second kappa shape index (κ2) is 6.24. The summed E-state index contributed by atoms with van der Waals surface area (Å²) in [5.74, 6) is -0.169. The fourth-order valence-corrected chi connectivity index (χ4v) is 4.29. The Hall–Kier alpha value is -1.82. The molecule has 0 unspecified atom stereocenters. The molecule has 0 bridgehead atoms. The fraction of sp³-hybridized carbons (Fsp3) is 0.611. The lowest BCUT2D eigenvalue weighted by atomic mass is 9.99. The molecule has 0 N–H and O–H groups in total. The molecule has 1 amide bonds. The predicted molar refractivity (Wildman–Crippen MR) is 89.8 cm³/mol. The van der Waals surface area contributed by atoms with Gasteiger partial charge in [-0.15, -0.1) is 0 Å². The Morgan fingerprint density at radius 1 is 1.12 bits per heavy atom. The van der Waals surface area contributed by atoms with Gasteiger partial charge in [0.15, 0.2) is 0 Å². The van der Waals surface area contributed by atoms with Crippen LogP contribution in [0.1, 0.15) is 18.4 Å². The first-order chi connectivity index (χ1) is 11.6. The van der Waals surface area contributed by atoms with Gasteiger partial charge in [0.1, 0.15) is 12.4 Å². The van der Waals surface area contributed by atoms with E-state index in [4.69, 9.17) is 4.74 Å². The van der Waals surface area contributed by atoms with E-state index in [2.05, 4.69) is 9.80 Å². The van der Waals surface area contributed by atoms with Crippen LogP contribution in [-0.2, 0) is 4.74 Å². The SMILES string of the molecule is Cc1cc(F)ccc1N1CCC(N2CCN3C(=O)OC[C@@H]3C2)CC1. The third-order valence-corrected chi connectivity index (χ3v) is 5.63. The maximum Gasteiger partial charge on any atom is 0.410 e. The number of carbonyl (C=O) groups is 1. The lowest BCUT2D eigenvalue weighted by Crippen LogP contribution is -2.56. The summed E-state index contributed by atoms with van der Waals surface area (Å²) in [7, 11) is 0. The number of anilines is 1. The van der Waals surface area contributed by atoms with Gasteiger partial charge in [0, 0.05) is 44.5 Å². The van der Waals surface area contributed by atoms with Crippen molar-refractivity contribution in [2.45, 2.75) is 31.8 Å². The summed E-state index contributed by atoms with van der Waals surface area (Å²) in [5, 5.41) is 0. The van der Waals surface area contributed by atoms with E-state index < -0.39 is 0 Å². The maximum atomic E-state index is 13.3. The molecule has 1 aromatic carbocycles. The summed E-state index contributed by atoms with van der Waals surface area (Å²) >= 11 is 0. The number of amides is 1. The molecule has 0 spiro atoms. The Morgan fingerprint density at radius 2 is 1.92 bits per heavy atom. The smallest absolute Gasteiger partial charge is 0.410 e. The standard InChI is InChI=1S/C18H24FN3O2/c1-13-10-14(19)2-3-17(13)20-6-4-15(5-7-20)21-8-9-22-16(11-21)12-24-18(22)23/h2-3,10,15-16H,4-9,11-12H2,1H3/t16-/m0/s1. The number of nitrogens with zero attached hydrogens (tertiary/aromatic N) is 3. The van der Waals surface area contributed by atoms with Crippen molar-refractivity contribution in [3.63, 3.8) is 0 Å². The topological polar surface area (TPSA) is 36.0 Å². The predicted octanol–water partition coefficient (Wildman–Crippen LogP) is 2.24. The molecular weight excluding hydrogens is 309 g/mol. The fourth-order valence-electron chi connectivity index (χ4n) is 4.29. The molecule has 24 heavy (non-hydrogen) atoms. The molecule has 3 heterocycles. The summed E-state index contributed by atoms with van der Waals surface area (Å²) in [5.41, 5.74) is 2.15. The van der Waals surface area contributed by atoms with Crippen molar-refractivity contribution in [1.82, 2.24) is 9.80 Å². The van der Waals surface area contributed by atoms with E-state index in [1.807, 2.05) is 17.9 Å². The summed E-state index contributed by atoms with van der Waals surface area (Å²) in [4.78, 5) is 18.4. The molecule has 3 aliphatic rings. The number of rotatable bonds is 2. The van der Waals surface area contributed by atoms with Crippen LogP contribution >= 0.6 is 0 Å². The zero-order valence-corrected chi connectivity index (χ0v) is 14.1. The molecule has 3 aliphatic heterocycles. The normalized spacial score (nSPS) is 25.8. The number of piperidine rings is 1. The van der Waals surface area contributed by atoms with E-state index in [9.17, 15) is 9.18 Å². The van der Waals surface area contributed by atoms with E-state index in [1.165, 1.54) is 0 Å². The maximum absolute atomic E-state index is 13.3. The monoisotopic (exact) mass is 333 g/mol. The molecule has 4 rings (SSSR count). The van der Waals surface area contributed by atoms with Crippen molar-refractivity contribution in [2.24, 2.45) is 0 Å². The van der Waals surface area contributed by atoms with Gasteiger partial charge in [0.25, 0.3) is 0 Å². The minimum Gasteiger partial charge on any atom is -0.447 e. The van der Waals surface area contributed by atoms with Crippen molar-refractivity contribution in [1.29, 1.82) is 0 Å². The van der Waals surface area contributed by atoms with Gasteiger partial charge < -0.3 is 9.64 Å². The van der Waals surface area contributed by atoms with Gasteiger partial charge in [-0.05, 0) is 43.5 Å². The highest BCUT2D eigenvalue weighted by molar-refractivity contribution is 5.70. The molecule has 0 saturated carbocycles. The first-order valence-corrected chi connectivity index (χ1v) is 8.80. The van der Waals surface area contributed by atoms with Crippen molar-refractivity contribution in [2.75, 3.05) is 44.2 Å². The molecule has 0 aromatic heterocycles. The molecule has 6 heteroatoms. The van der Waals surface area contributed by atoms with Crippen molar-refractivity contribution in [3.05, 3.63) is 29.6 Å². The van der Waals surface area contributed by atoms with E-state index in [-0.39, 0.29) is 18.0 Å². The summed E-state index contributed by atoms with van der Waals surface area (Å²) in [6, 6.07) is 5.84. The van der Waals surface area contributed by atoms with E-state index in [0.29, 0.717) is 12.6 Å². The van der Waals surface area contributed by atoms with Crippen LogP contribution in [0.4, 0.5) is 14.9 Å². The Balaban J connectivity index is 1.35. The molecule has 1 aromatic rings. The van der Waals surface area contributed by atoms with Gasteiger partial charge in [0.05, 0.1) is 6.04 Å². The summed E-state index contributed by atoms with van der Waals surface area (Å²) in [6.07, 6.45) is 2.07. The molecule has 1 atom stereocenters. The number of hydrogen-bond acceptors (Lipinski definition) is 4. The van der Waals surface area contributed by atoms with Crippen molar-refractivity contribution in [3.8, 4) is 0 Å². The molecular formula is C18H24FN3O2. The average Bonchev–Trinajstić information content (AvgIpc) is 2.96. The van der Waals surface area contributed by atoms with Crippen LogP contribution in [0.3, 0.4) is 0 Å². The van der Waals surface area contributed by atoms with E-state index in [0.717, 1.165) is 56.8 Å². The van der Waals surface area contributed by atoms with E-state index >= 15 is 0 Å². The van der Waals surface area contributed by atoms with Crippen LogP contribution in [0.5, 0.6) is 0 Å². The van der Waals surface area contributed by atoms with Crippen LogP contribution in [0.2, 0.25) is 0 Å². The number of ether oxygens (including phenoxy) is 1. The molecule has 3 fully saturated rings. The molecule has 5 nitrogen and oxygen atoms in total. The van der Waals surface area contributed by atoms with Crippen LogP contribution in [0.25, 0.3) is 0 Å². The number of cyclic esters (lactones) is 1. The average molecular weight is 333 g/mol. The first-order valence-electron chi connectivity index (χ1n) is 8.80. The lowest BCUT2D eigenvalue weighted by Gasteiger charge is -2.44. The Bertz CT molecular complexity index is 631. The van der Waals surface area contributed by atoms with Gasteiger partial charge in [-0.1, -0.05) is 0 Å². The van der Waals surface area contributed by atoms with Crippen LogP contribution in [0, 0.1) is 12.7 Å². The quantitative estimate of drug-likeness (QED) is 0.832. The first kappa shape index (κ1) is 15.7. The number of carbonyl (C=O) groups excluding carboxylic acids is 1. The zero-order valence-electron chi connectivity index (χ0n) is 14.1. The summed E-state index contributed by atoms with van der Waals surface area (Å²) in [6.45, 7) is 7.14. The number of aryl methyl sites for hydroxylation is 1. The molecule has 3 saturated heterocycles. The van der Waals surface area contributed by atoms with E-state index in [1.54, 1.807) is 12.1 Å². The third kappa shape index (κ3) is 2.83. The highest BCUT2D eigenvalue weighted by Crippen LogP contribution is 2.28. The highest BCUT2D eigenvalue weighted by atomic mass is 19.1. The van der Waals surface area contributed by atoms with Crippen molar-refractivity contribution >= 4 is 11.8 Å². The second-order valence-corrected chi connectivity index (χ2v) is 7.07. The Morgan fingerprint density at radius 3 is 2.67 bits per heavy atom. The number of hydrogen-bond donors (Lipinski definition) is 0. The molecule has 130 valence electrons. The number of piperazine rings is 1. The van der Waals surface area contributed by atoms with Gasteiger partial charge >= 0.3 is 6.09 Å². The Kier molecular flexibility index (Phi) is 4.08. The largest absolute Gasteiger partial charge is 0.447 e. The van der Waals surface area contributed by atoms with Gasteiger partial charge in [-0.2, -0.15) is 0 Å². The minimum absolute atomic E-state index is 0.152. The lowest BCUT2D eigenvalue weighted by molar-refractivity contribution is 0.0778. The third-order valence-electron chi connectivity index (χ3n) is 5.63. The van der Waals surface area contributed by atoms with Crippen LogP contribution in [-0.4, -0.2) is 67.3 Å². The van der Waals surface area contributed by atoms with Crippen molar-refractivity contribution < 1.29 is 13.9 Å². The minimum atomic E-state index is -0.169. The van der Waals surface area contributed by atoms with Crippen LogP contribution < -0.4 is 4.90 Å². The molecule has 0 radical (unpaired) electrons. The number of benzene rings is 1. The zero-order chi connectivity index (χ0) is 16.7. The Labute approximate surface area is 142 Å². The summed E-state index contributed by atoms with van der Waals surface area (Å²) < 4.78 is 18.4. The molecule has 0 aliphatic carbocycles. The van der Waals surface area contributed by atoms with Gasteiger partial charge in [0.2, 0.25) is 0 Å².